The summed E-state index contributed by atoms with van der Waals surface area (Å²) in [6, 6.07) is 4.08. The summed E-state index contributed by atoms with van der Waals surface area (Å²) in [6.45, 7) is 0. The van der Waals surface area contributed by atoms with E-state index in [9.17, 15) is 14.9 Å². The number of amides is 1. The van der Waals surface area contributed by atoms with E-state index in [4.69, 9.17) is 11.6 Å². The van der Waals surface area contributed by atoms with Crippen LogP contribution in [0.1, 0.15) is 36.0 Å². The molecule has 0 aliphatic heterocycles. The molecule has 1 aromatic rings. The number of benzene rings is 1. The van der Waals surface area contributed by atoms with Crippen molar-refractivity contribution in [2.75, 3.05) is 5.33 Å². The zero-order valence-electron chi connectivity index (χ0n) is 10.7. The maximum absolute atomic E-state index is 12.3. The minimum absolute atomic E-state index is 0.0478. The van der Waals surface area contributed by atoms with Gasteiger partial charge in [0.1, 0.15) is 5.56 Å². The molecule has 0 aromatic heterocycles. The Hall–Kier alpha value is -1.14. The minimum Gasteiger partial charge on any atom is -0.346 e. The smallest absolute Gasteiger partial charge is 0.283 e. The third-order valence-corrected chi connectivity index (χ3v) is 4.90. The van der Waals surface area contributed by atoms with Gasteiger partial charge in [-0.1, -0.05) is 40.4 Å². The molecule has 1 aliphatic rings. The van der Waals surface area contributed by atoms with Crippen LogP contribution in [-0.2, 0) is 0 Å². The molecule has 1 amide bonds. The lowest BCUT2D eigenvalue weighted by Gasteiger charge is -2.28. The zero-order chi connectivity index (χ0) is 14.8. The molecule has 1 fully saturated rings. The monoisotopic (exact) mass is 360 g/mol. The van der Waals surface area contributed by atoms with E-state index in [0.717, 1.165) is 25.7 Å². The SMILES string of the molecule is O=C(NC1(CBr)CCCC1)c1ccc(Cl)cc1[N+](=O)[O-]. The number of nitrogens with zero attached hydrogens (tertiary/aromatic N) is 1. The molecule has 0 saturated heterocycles. The van der Waals surface area contributed by atoms with Gasteiger partial charge in [0.15, 0.2) is 0 Å². The first kappa shape index (κ1) is 15.3. The fraction of sp³-hybridized carbons (Fsp3) is 0.462. The summed E-state index contributed by atoms with van der Waals surface area (Å²) in [6.07, 6.45) is 3.86. The first-order chi connectivity index (χ1) is 9.47. The summed E-state index contributed by atoms with van der Waals surface area (Å²) in [5, 5.41) is 14.8. The number of nitro groups is 1. The molecule has 2 rings (SSSR count). The van der Waals surface area contributed by atoms with E-state index in [1.807, 2.05) is 0 Å². The molecule has 1 aromatic carbocycles. The summed E-state index contributed by atoms with van der Waals surface area (Å²) >= 11 is 9.17. The summed E-state index contributed by atoms with van der Waals surface area (Å²) in [5.74, 6) is -0.422. The Morgan fingerprint density at radius 1 is 1.45 bits per heavy atom. The van der Waals surface area contributed by atoms with Crippen LogP contribution in [0.15, 0.2) is 18.2 Å². The molecule has 0 atom stereocenters. The first-order valence-electron chi connectivity index (χ1n) is 6.30. The molecule has 0 bridgehead atoms. The van der Waals surface area contributed by atoms with Gasteiger partial charge in [0.2, 0.25) is 0 Å². The number of halogens is 2. The summed E-state index contributed by atoms with van der Waals surface area (Å²) < 4.78 is 0. The van der Waals surface area contributed by atoms with Gasteiger partial charge in [-0.05, 0) is 25.0 Å². The third-order valence-electron chi connectivity index (χ3n) is 3.60. The predicted octanol–water partition coefficient (Wildman–Crippen LogP) is 3.69. The molecule has 0 spiro atoms. The molecule has 108 valence electrons. The lowest BCUT2D eigenvalue weighted by molar-refractivity contribution is -0.385. The molecule has 0 unspecified atom stereocenters. The second kappa shape index (κ2) is 6.10. The molecular weight excluding hydrogens is 348 g/mol. The molecule has 5 nitrogen and oxygen atoms in total. The Morgan fingerprint density at radius 2 is 2.10 bits per heavy atom. The van der Waals surface area contributed by atoms with E-state index in [1.165, 1.54) is 18.2 Å². The topological polar surface area (TPSA) is 72.2 Å². The Kier molecular flexibility index (Phi) is 4.65. The van der Waals surface area contributed by atoms with Crippen LogP contribution < -0.4 is 5.32 Å². The van der Waals surface area contributed by atoms with Crippen LogP contribution in [0.4, 0.5) is 5.69 Å². The Balaban J connectivity index is 2.27. The Bertz CT molecular complexity index is 544. The number of carbonyl (C=O) groups is 1. The number of hydrogen-bond acceptors (Lipinski definition) is 3. The van der Waals surface area contributed by atoms with Crippen molar-refractivity contribution in [3.63, 3.8) is 0 Å². The highest BCUT2D eigenvalue weighted by atomic mass is 79.9. The van der Waals surface area contributed by atoms with Crippen molar-refractivity contribution in [3.8, 4) is 0 Å². The van der Waals surface area contributed by atoms with Crippen molar-refractivity contribution in [3.05, 3.63) is 38.9 Å². The Morgan fingerprint density at radius 3 is 2.65 bits per heavy atom. The lowest BCUT2D eigenvalue weighted by Crippen LogP contribution is -2.47. The van der Waals surface area contributed by atoms with Crippen LogP contribution in [0.25, 0.3) is 0 Å². The van der Waals surface area contributed by atoms with E-state index >= 15 is 0 Å². The van der Waals surface area contributed by atoms with E-state index in [1.54, 1.807) is 0 Å². The van der Waals surface area contributed by atoms with Gasteiger partial charge in [0.25, 0.3) is 11.6 Å². The zero-order valence-corrected chi connectivity index (χ0v) is 13.0. The maximum Gasteiger partial charge on any atom is 0.283 e. The van der Waals surface area contributed by atoms with E-state index in [0.29, 0.717) is 5.33 Å². The second-order valence-corrected chi connectivity index (χ2v) is 5.99. The number of nitro benzene ring substituents is 1. The van der Waals surface area contributed by atoms with Crippen molar-refractivity contribution in [2.24, 2.45) is 0 Å². The third kappa shape index (κ3) is 3.12. The van der Waals surface area contributed by atoms with E-state index in [2.05, 4.69) is 21.2 Å². The second-order valence-electron chi connectivity index (χ2n) is 4.99. The quantitative estimate of drug-likeness (QED) is 0.505. The van der Waals surface area contributed by atoms with Crippen molar-refractivity contribution < 1.29 is 9.72 Å². The highest BCUT2D eigenvalue weighted by Gasteiger charge is 2.35. The van der Waals surface area contributed by atoms with Gasteiger partial charge < -0.3 is 5.32 Å². The van der Waals surface area contributed by atoms with Crippen LogP contribution in [-0.4, -0.2) is 21.7 Å². The maximum atomic E-state index is 12.3. The van der Waals surface area contributed by atoms with Crippen LogP contribution >= 0.6 is 27.5 Å². The lowest BCUT2D eigenvalue weighted by atomic mass is 9.99. The fourth-order valence-corrected chi connectivity index (χ4v) is 3.37. The van der Waals surface area contributed by atoms with Crippen molar-refractivity contribution in [2.45, 2.75) is 31.2 Å². The molecule has 20 heavy (non-hydrogen) atoms. The van der Waals surface area contributed by atoms with Gasteiger partial charge in [-0.25, -0.2) is 0 Å². The van der Waals surface area contributed by atoms with Crippen molar-refractivity contribution in [1.29, 1.82) is 0 Å². The largest absolute Gasteiger partial charge is 0.346 e. The normalized spacial score (nSPS) is 16.9. The number of rotatable bonds is 4. The molecule has 1 aliphatic carbocycles. The predicted molar refractivity (Wildman–Crippen MR) is 80.6 cm³/mol. The fourth-order valence-electron chi connectivity index (χ4n) is 2.50. The summed E-state index contributed by atoms with van der Waals surface area (Å²) in [5.41, 5.74) is -0.519. The molecule has 1 saturated carbocycles. The number of alkyl halides is 1. The van der Waals surface area contributed by atoms with Crippen LogP contribution in [0, 0.1) is 10.1 Å². The van der Waals surface area contributed by atoms with Crippen molar-refractivity contribution >= 4 is 39.1 Å². The number of nitrogens with one attached hydrogen (secondary N) is 1. The van der Waals surface area contributed by atoms with E-state index < -0.39 is 10.8 Å². The average Bonchev–Trinajstić information content (AvgIpc) is 2.87. The standard InChI is InChI=1S/C13H14BrClN2O3/c14-8-13(5-1-2-6-13)16-12(18)10-4-3-9(15)7-11(10)17(19)20/h3-4,7H,1-2,5-6,8H2,(H,16,18). The van der Waals surface area contributed by atoms with E-state index in [-0.39, 0.29) is 21.8 Å². The average molecular weight is 362 g/mol. The van der Waals surface area contributed by atoms with Gasteiger partial charge in [-0.15, -0.1) is 0 Å². The summed E-state index contributed by atoms with van der Waals surface area (Å²) in [7, 11) is 0. The van der Waals surface area contributed by atoms with Crippen LogP contribution in [0.3, 0.4) is 0 Å². The first-order valence-corrected chi connectivity index (χ1v) is 7.80. The molecule has 0 heterocycles. The summed E-state index contributed by atoms with van der Waals surface area (Å²) in [4.78, 5) is 22.8. The van der Waals surface area contributed by atoms with Gasteiger partial charge in [-0.3, -0.25) is 14.9 Å². The highest BCUT2D eigenvalue weighted by Crippen LogP contribution is 2.32. The highest BCUT2D eigenvalue weighted by molar-refractivity contribution is 9.09. The van der Waals surface area contributed by atoms with Gasteiger partial charge in [-0.2, -0.15) is 0 Å². The molecule has 7 heteroatoms. The number of carbonyl (C=O) groups excluding carboxylic acids is 1. The van der Waals surface area contributed by atoms with Gasteiger partial charge >= 0.3 is 0 Å². The molecule has 0 radical (unpaired) electrons. The van der Waals surface area contributed by atoms with Crippen LogP contribution in [0.5, 0.6) is 0 Å². The molecular formula is C13H14BrClN2O3. The minimum atomic E-state index is -0.587. The number of hydrogen-bond donors (Lipinski definition) is 1. The van der Waals surface area contributed by atoms with Gasteiger partial charge in [0, 0.05) is 16.4 Å². The molecule has 1 N–H and O–H groups in total. The van der Waals surface area contributed by atoms with Gasteiger partial charge in [0.05, 0.1) is 10.5 Å². The Labute approximate surface area is 130 Å². The van der Waals surface area contributed by atoms with Crippen molar-refractivity contribution in [1.82, 2.24) is 5.32 Å². The van der Waals surface area contributed by atoms with Crippen LogP contribution in [0.2, 0.25) is 5.02 Å².